The zero-order chi connectivity index (χ0) is 22.0. The van der Waals surface area contributed by atoms with Crippen molar-refractivity contribution in [3.8, 4) is 11.3 Å². The molecule has 9 heteroatoms. The maximum atomic E-state index is 13.2. The van der Waals surface area contributed by atoms with Crippen LogP contribution < -0.4 is 10.9 Å². The minimum absolute atomic E-state index is 0.00678. The van der Waals surface area contributed by atoms with Crippen LogP contribution in [-0.2, 0) is 17.9 Å². The summed E-state index contributed by atoms with van der Waals surface area (Å²) in [5, 5.41) is 6.90. The summed E-state index contributed by atoms with van der Waals surface area (Å²) < 4.78 is 42.3. The Morgan fingerprint density at radius 1 is 0.935 bits per heavy atom. The summed E-state index contributed by atoms with van der Waals surface area (Å²) in [7, 11) is 0. The van der Waals surface area contributed by atoms with Crippen LogP contribution in [0.4, 0.5) is 13.2 Å². The first-order valence-electron chi connectivity index (χ1n) is 9.45. The van der Waals surface area contributed by atoms with Gasteiger partial charge in [-0.25, -0.2) is 17.7 Å². The molecule has 2 aromatic carbocycles. The highest BCUT2D eigenvalue weighted by Crippen LogP contribution is 2.18. The Bertz CT molecular complexity index is 1290. The van der Waals surface area contributed by atoms with Gasteiger partial charge >= 0.3 is 0 Å². The number of fused-ring (bicyclic) bond motifs is 1. The van der Waals surface area contributed by atoms with Crippen molar-refractivity contribution in [2.75, 3.05) is 0 Å². The van der Waals surface area contributed by atoms with E-state index in [1.54, 1.807) is 24.4 Å². The molecule has 0 radical (unpaired) electrons. The highest BCUT2D eigenvalue weighted by Gasteiger charge is 2.11. The van der Waals surface area contributed by atoms with E-state index in [0.29, 0.717) is 22.3 Å². The van der Waals surface area contributed by atoms with Crippen LogP contribution in [0.15, 0.2) is 65.7 Å². The van der Waals surface area contributed by atoms with E-state index in [1.807, 2.05) is 0 Å². The topological polar surface area (TPSA) is 68.4 Å². The molecule has 0 atom stereocenters. The lowest BCUT2D eigenvalue weighted by molar-refractivity contribution is -0.121. The van der Waals surface area contributed by atoms with Crippen molar-refractivity contribution in [1.29, 1.82) is 0 Å². The summed E-state index contributed by atoms with van der Waals surface area (Å²) in [6, 6.07) is 10.4. The summed E-state index contributed by atoms with van der Waals surface area (Å²) in [4.78, 5) is 24.8. The Labute approximate surface area is 174 Å². The molecule has 31 heavy (non-hydrogen) atoms. The zero-order valence-electron chi connectivity index (χ0n) is 16.2. The van der Waals surface area contributed by atoms with Gasteiger partial charge in [0.05, 0.1) is 5.69 Å². The highest BCUT2D eigenvalue weighted by atomic mass is 19.1. The first-order chi connectivity index (χ1) is 14.9. The number of rotatable bonds is 6. The van der Waals surface area contributed by atoms with Crippen LogP contribution in [0.3, 0.4) is 0 Å². The number of nitrogens with zero attached hydrogens (tertiary/aromatic N) is 3. The molecule has 1 amide bonds. The summed E-state index contributed by atoms with van der Waals surface area (Å²) in [5.41, 5.74) is 1.48. The second kappa shape index (κ2) is 8.47. The number of hydrogen-bond donors (Lipinski definition) is 1. The Morgan fingerprint density at radius 3 is 2.35 bits per heavy atom. The molecule has 0 saturated heterocycles. The molecular weight excluding hydrogens is 409 g/mol. The fourth-order valence-electron chi connectivity index (χ4n) is 3.19. The van der Waals surface area contributed by atoms with E-state index in [0.717, 1.165) is 18.2 Å². The van der Waals surface area contributed by atoms with Crippen LogP contribution in [0, 0.1) is 17.5 Å². The quantitative estimate of drug-likeness (QED) is 0.515. The van der Waals surface area contributed by atoms with Crippen molar-refractivity contribution in [2.45, 2.75) is 19.5 Å². The molecule has 158 valence electrons. The van der Waals surface area contributed by atoms with Crippen molar-refractivity contribution in [2.24, 2.45) is 0 Å². The average molecular weight is 426 g/mol. The minimum atomic E-state index is -0.718. The lowest BCUT2D eigenvalue weighted by Gasteiger charge is -2.08. The van der Waals surface area contributed by atoms with Crippen LogP contribution in [0.1, 0.15) is 12.0 Å². The molecule has 6 nitrogen and oxygen atoms in total. The zero-order valence-corrected chi connectivity index (χ0v) is 16.2. The molecule has 0 fully saturated rings. The smallest absolute Gasteiger partial charge is 0.276 e. The van der Waals surface area contributed by atoms with E-state index < -0.39 is 11.6 Å². The van der Waals surface area contributed by atoms with Crippen molar-refractivity contribution in [1.82, 2.24) is 19.5 Å². The SMILES string of the molecule is O=C(CCn1ccn2nc(-c3ccc(F)cc3)cc2c1=O)NCc1cc(F)cc(F)c1. The summed E-state index contributed by atoms with van der Waals surface area (Å²) >= 11 is 0. The first kappa shape index (κ1) is 20.4. The van der Waals surface area contributed by atoms with Crippen molar-refractivity contribution in [3.63, 3.8) is 0 Å². The fraction of sp³-hybridized carbons (Fsp3) is 0.136. The fourth-order valence-corrected chi connectivity index (χ4v) is 3.19. The van der Waals surface area contributed by atoms with Gasteiger partial charge in [-0.3, -0.25) is 9.59 Å². The number of carbonyl (C=O) groups excluding carboxylic acids is 1. The van der Waals surface area contributed by atoms with Gasteiger partial charge in [-0.05, 0) is 48.0 Å². The predicted molar refractivity (Wildman–Crippen MR) is 108 cm³/mol. The number of benzene rings is 2. The third-order valence-corrected chi connectivity index (χ3v) is 4.74. The number of aromatic nitrogens is 3. The molecule has 4 aromatic rings. The Morgan fingerprint density at radius 2 is 1.65 bits per heavy atom. The average Bonchev–Trinajstić information content (AvgIpc) is 3.17. The van der Waals surface area contributed by atoms with E-state index in [1.165, 1.54) is 27.4 Å². The van der Waals surface area contributed by atoms with Crippen LogP contribution in [0.2, 0.25) is 0 Å². The van der Waals surface area contributed by atoms with Crippen molar-refractivity contribution >= 4 is 11.4 Å². The Balaban J connectivity index is 1.43. The van der Waals surface area contributed by atoms with Gasteiger partial charge in [0.2, 0.25) is 5.91 Å². The first-order valence-corrected chi connectivity index (χ1v) is 9.45. The molecule has 0 aliphatic heterocycles. The van der Waals surface area contributed by atoms with Gasteiger partial charge in [0.25, 0.3) is 5.56 Å². The van der Waals surface area contributed by atoms with Crippen molar-refractivity contribution < 1.29 is 18.0 Å². The standard InChI is InChI=1S/C22H17F3N4O2/c23-16-3-1-15(2-4-16)19-12-20-22(31)28(7-8-29(20)27-19)6-5-21(30)26-13-14-9-17(24)11-18(25)10-14/h1-4,7-12H,5-6,13H2,(H,26,30). The van der Waals surface area contributed by atoms with E-state index in [2.05, 4.69) is 10.4 Å². The molecule has 0 saturated carbocycles. The van der Waals surface area contributed by atoms with Gasteiger partial charge in [-0.1, -0.05) is 0 Å². The van der Waals surface area contributed by atoms with Gasteiger partial charge in [0.1, 0.15) is 23.0 Å². The van der Waals surface area contributed by atoms with Gasteiger partial charge in [0, 0.05) is 43.5 Å². The predicted octanol–water partition coefficient (Wildman–Crippen LogP) is 3.29. The molecule has 0 aliphatic carbocycles. The minimum Gasteiger partial charge on any atom is -0.352 e. The number of carbonyl (C=O) groups is 1. The normalized spacial score (nSPS) is 11.1. The van der Waals surface area contributed by atoms with Crippen molar-refractivity contribution in [3.05, 3.63) is 94.3 Å². The van der Waals surface area contributed by atoms with Gasteiger partial charge in [0.15, 0.2) is 0 Å². The maximum absolute atomic E-state index is 13.2. The number of hydrogen-bond acceptors (Lipinski definition) is 3. The lowest BCUT2D eigenvalue weighted by Crippen LogP contribution is -2.27. The molecule has 0 bridgehead atoms. The molecule has 0 aliphatic rings. The van der Waals surface area contributed by atoms with Gasteiger partial charge in [-0.2, -0.15) is 5.10 Å². The maximum Gasteiger partial charge on any atom is 0.276 e. The summed E-state index contributed by atoms with van der Waals surface area (Å²) in [6.07, 6.45) is 3.12. The van der Waals surface area contributed by atoms with E-state index in [4.69, 9.17) is 0 Å². The van der Waals surface area contributed by atoms with E-state index in [9.17, 15) is 22.8 Å². The van der Waals surface area contributed by atoms with Gasteiger partial charge in [-0.15, -0.1) is 0 Å². The molecule has 2 aromatic heterocycles. The third-order valence-electron chi connectivity index (χ3n) is 4.74. The monoisotopic (exact) mass is 426 g/mol. The second-order valence-electron chi connectivity index (χ2n) is 6.97. The number of halogens is 3. The summed E-state index contributed by atoms with van der Waals surface area (Å²) in [5.74, 6) is -2.16. The number of aryl methyl sites for hydroxylation is 1. The molecule has 0 spiro atoms. The van der Waals surface area contributed by atoms with E-state index in [-0.39, 0.29) is 36.8 Å². The highest BCUT2D eigenvalue weighted by molar-refractivity contribution is 5.75. The lowest BCUT2D eigenvalue weighted by atomic mass is 10.1. The molecule has 4 rings (SSSR count). The summed E-state index contributed by atoms with van der Waals surface area (Å²) in [6.45, 7) is 0.0981. The Kier molecular flexibility index (Phi) is 5.57. The number of nitrogens with one attached hydrogen (secondary N) is 1. The van der Waals surface area contributed by atoms with Crippen LogP contribution in [0.5, 0.6) is 0 Å². The second-order valence-corrected chi connectivity index (χ2v) is 6.97. The van der Waals surface area contributed by atoms with Crippen LogP contribution >= 0.6 is 0 Å². The van der Waals surface area contributed by atoms with Crippen LogP contribution in [0.25, 0.3) is 16.8 Å². The molecule has 2 heterocycles. The Hall–Kier alpha value is -3.88. The largest absolute Gasteiger partial charge is 0.352 e. The molecule has 1 N–H and O–H groups in total. The van der Waals surface area contributed by atoms with Crippen LogP contribution in [-0.4, -0.2) is 20.1 Å². The van der Waals surface area contributed by atoms with E-state index >= 15 is 0 Å². The molecular formula is C22H17F3N4O2. The van der Waals surface area contributed by atoms with Gasteiger partial charge < -0.3 is 9.88 Å². The number of amides is 1. The molecule has 0 unspecified atom stereocenters. The third kappa shape index (κ3) is 4.66.